The lowest BCUT2D eigenvalue weighted by Gasteiger charge is -2.37. The molecule has 4 rings (SSSR count). The van der Waals surface area contributed by atoms with Crippen molar-refractivity contribution in [2.75, 3.05) is 32.1 Å². The van der Waals surface area contributed by atoms with Crippen molar-refractivity contribution >= 4 is 11.6 Å². The van der Waals surface area contributed by atoms with Crippen molar-refractivity contribution < 1.29 is 19.1 Å². The second kappa shape index (κ2) is 9.64. The zero-order chi connectivity index (χ0) is 21.6. The van der Waals surface area contributed by atoms with Crippen LogP contribution in [0.15, 0.2) is 84.9 Å². The standard InChI is InChI=1S/C25H26N2O4/c1-26(2)21-15-13-20(14-16-21)25-30-23(18-29-22-11-7-4-8-12-22)17-27(31-25)24(28)19-9-5-3-6-10-19/h3-16,23,25H,17-18H2,1-2H3. The number of hydroxylamine groups is 2. The number of amides is 1. The number of carbonyl (C=O) groups excluding carboxylic acids is 1. The van der Waals surface area contributed by atoms with Gasteiger partial charge in [-0.15, -0.1) is 0 Å². The van der Waals surface area contributed by atoms with Crippen LogP contribution in [-0.4, -0.2) is 44.3 Å². The molecule has 1 aliphatic heterocycles. The number of benzene rings is 3. The van der Waals surface area contributed by atoms with Gasteiger partial charge in [-0.05, 0) is 36.4 Å². The van der Waals surface area contributed by atoms with Crippen LogP contribution in [0.25, 0.3) is 0 Å². The first-order chi connectivity index (χ1) is 15.1. The van der Waals surface area contributed by atoms with Crippen molar-refractivity contribution in [2.45, 2.75) is 12.4 Å². The average Bonchev–Trinajstić information content (AvgIpc) is 2.83. The second-order valence-electron chi connectivity index (χ2n) is 7.54. The van der Waals surface area contributed by atoms with Gasteiger partial charge in [-0.2, -0.15) is 0 Å². The van der Waals surface area contributed by atoms with Crippen LogP contribution in [-0.2, 0) is 9.57 Å². The molecule has 1 saturated heterocycles. The summed E-state index contributed by atoms with van der Waals surface area (Å²) in [6.07, 6.45) is -1.05. The Hall–Kier alpha value is -3.35. The van der Waals surface area contributed by atoms with Gasteiger partial charge in [0.15, 0.2) is 0 Å². The summed E-state index contributed by atoms with van der Waals surface area (Å²) in [5.74, 6) is 0.550. The molecule has 0 spiro atoms. The normalized spacial score (nSPS) is 18.5. The first kappa shape index (κ1) is 20.9. The summed E-state index contributed by atoms with van der Waals surface area (Å²) in [6, 6.07) is 26.5. The van der Waals surface area contributed by atoms with Gasteiger partial charge in [-0.25, -0.2) is 9.90 Å². The maximum Gasteiger partial charge on any atom is 0.277 e. The van der Waals surface area contributed by atoms with Crippen molar-refractivity contribution in [1.82, 2.24) is 5.06 Å². The minimum Gasteiger partial charge on any atom is -0.491 e. The maximum absolute atomic E-state index is 13.0. The molecule has 2 unspecified atom stereocenters. The molecule has 0 aliphatic carbocycles. The first-order valence-electron chi connectivity index (χ1n) is 10.2. The lowest BCUT2D eigenvalue weighted by molar-refractivity contribution is -0.325. The Bertz CT molecular complexity index is 977. The van der Waals surface area contributed by atoms with Gasteiger partial charge in [0.1, 0.15) is 18.5 Å². The molecule has 3 aromatic carbocycles. The molecule has 3 aromatic rings. The van der Waals surface area contributed by atoms with E-state index in [0.717, 1.165) is 17.0 Å². The van der Waals surface area contributed by atoms with Gasteiger partial charge in [0.05, 0.1) is 6.54 Å². The van der Waals surface area contributed by atoms with Gasteiger partial charge in [0.25, 0.3) is 5.91 Å². The number of ether oxygens (including phenoxy) is 2. The summed E-state index contributed by atoms with van der Waals surface area (Å²) in [5.41, 5.74) is 2.47. The van der Waals surface area contributed by atoms with Crippen LogP contribution in [0.2, 0.25) is 0 Å². The fraction of sp³-hybridized carbons (Fsp3) is 0.240. The minimum absolute atomic E-state index is 0.205. The van der Waals surface area contributed by atoms with Crippen LogP contribution in [0.5, 0.6) is 5.75 Å². The lowest BCUT2D eigenvalue weighted by atomic mass is 10.1. The zero-order valence-electron chi connectivity index (χ0n) is 17.7. The van der Waals surface area contributed by atoms with Crippen LogP contribution < -0.4 is 9.64 Å². The third-order valence-electron chi connectivity index (χ3n) is 5.02. The van der Waals surface area contributed by atoms with E-state index in [2.05, 4.69) is 0 Å². The lowest BCUT2D eigenvalue weighted by Crippen LogP contribution is -2.47. The van der Waals surface area contributed by atoms with E-state index in [0.29, 0.717) is 12.2 Å². The van der Waals surface area contributed by atoms with E-state index >= 15 is 0 Å². The summed E-state index contributed by atoms with van der Waals surface area (Å²) in [6.45, 7) is 0.574. The summed E-state index contributed by atoms with van der Waals surface area (Å²) < 4.78 is 12.0. The number of nitrogens with zero attached hydrogens (tertiary/aromatic N) is 2. The molecule has 0 saturated carbocycles. The predicted octanol–water partition coefficient (Wildman–Crippen LogP) is 4.30. The van der Waals surface area contributed by atoms with E-state index in [9.17, 15) is 4.79 Å². The highest BCUT2D eigenvalue weighted by atomic mass is 16.8. The second-order valence-corrected chi connectivity index (χ2v) is 7.54. The third-order valence-corrected chi connectivity index (χ3v) is 5.02. The first-order valence-corrected chi connectivity index (χ1v) is 10.2. The van der Waals surface area contributed by atoms with E-state index in [-0.39, 0.29) is 18.6 Å². The van der Waals surface area contributed by atoms with Gasteiger partial charge < -0.3 is 14.4 Å². The van der Waals surface area contributed by atoms with Gasteiger partial charge >= 0.3 is 0 Å². The SMILES string of the molecule is CN(C)c1ccc(C2OC(COc3ccccc3)CN(C(=O)c3ccccc3)O2)cc1. The zero-order valence-corrected chi connectivity index (χ0v) is 17.7. The summed E-state index contributed by atoms with van der Waals surface area (Å²) in [4.78, 5) is 21.0. The van der Waals surface area contributed by atoms with Crippen molar-refractivity contribution in [1.29, 1.82) is 0 Å². The fourth-order valence-electron chi connectivity index (χ4n) is 3.31. The highest BCUT2D eigenvalue weighted by molar-refractivity contribution is 5.93. The van der Waals surface area contributed by atoms with Gasteiger partial charge in [-0.3, -0.25) is 4.79 Å². The molecule has 6 heteroatoms. The Labute approximate surface area is 182 Å². The molecule has 0 N–H and O–H groups in total. The monoisotopic (exact) mass is 418 g/mol. The van der Waals surface area contributed by atoms with E-state index in [1.807, 2.05) is 91.8 Å². The van der Waals surface area contributed by atoms with Crippen LogP contribution in [0, 0.1) is 0 Å². The molecule has 0 aromatic heterocycles. The molecular formula is C25H26N2O4. The maximum atomic E-state index is 13.0. The molecule has 1 fully saturated rings. The molecular weight excluding hydrogens is 392 g/mol. The molecule has 6 nitrogen and oxygen atoms in total. The number of rotatable bonds is 6. The molecule has 31 heavy (non-hydrogen) atoms. The van der Waals surface area contributed by atoms with Crippen molar-refractivity contribution in [3.05, 3.63) is 96.1 Å². The molecule has 0 radical (unpaired) electrons. The molecule has 1 aliphatic rings. The van der Waals surface area contributed by atoms with E-state index in [1.54, 1.807) is 12.1 Å². The molecule has 1 heterocycles. The van der Waals surface area contributed by atoms with Crippen LogP contribution in [0.4, 0.5) is 5.69 Å². The predicted molar refractivity (Wildman–Crippen MR) is 119 cm³/mol. The van der Waals surface area contributed by atoms with Crippen LogP contribution in [0.3, 0.4) is 0 Å². The Morgan fingerprint density at radius 3 is 2.26 bits per heavy atom. The quantitative estimate of drug-likeness (QED) is 0.597. The number of hydrogen-bond donors (Lipinski definition) is 0. The largest absolute Gasteiger partial charge is 0.491 e. The number of para-hydroxylation sites is 1. The Morgan fingerprint density at radius 2 is 1.61 bits per heavy atom. The number of carbonyl (C=O) groups is 1. The van der Waals surface area contributed by atoms with E-state index in [4.69, 9.17) is 14.3 Å². The van der Waals surface area contributed by atoms with Crippen molar-refractivity contribution in [3.63, 3.8) is 0 Å². The fourth-order valence-corrected chi connectivity index (χ4v) is 3.31. The highest BCUT2D eigenvalue weighted by Gasteiger charge is 2.33. The van der Waals surface area contributed by atoms with Gasteiger partial charge in [0.2, 0.25) is 6.29 Å². The van der Waals surface area contributed by atoms with E-state index in [1.165, 1.54) is 5.06 Å². The Balaban J connectivity index is 1.53. The number of anilines is 1. The highest BCUT2D eigenvalue weighted by Crippen LogP contribution is 2.29. The molecule has 2 atom stereocenters. The molecule has 1 amide bonds. The summed E-state index contributed by atoms with van der Waals surface area (Å²) in [7, 11) is 3.97. The smallest absolute Gasteiger partial charge is 0.277 e. The van der Waals surface area contributed by atoms with Gasteiger partial charge in [-0.1, -0.05) is 48.5 Å². The number of hydrogen-bond acceptors (Lipinski definition) is 5. The average molecular weight is 418 g/mol. The topological polar surface area (TPSA) is 51.2 Å². The Morgan fingerprint density at radius 1 is 0.968 bits per heavy atom. The minimum atomic E-state index is -0.706. The molecule has 0 bridgehead atoms. The summed E-state index contributed by atoms with van der Waals surface area (Å²) >= 11 is 0. The van der Waals surface area contributed by atoms with Crippen molar-refractivity contribution in [2.24, 2.45) is 0 Å². The van der Waals surface area contributed by atoms with Gasteiger partial charge in [0, 0.05) is 30.9 Å². The Kier molecular flexibility index (Phi) is 6.50. The van der Waals surface area contributed by atoms with Crippen molar-refractivity contribution in [3.8, 4) is 5.75 Å². The van der Waals surface area contributed by atoms with Crippen LogP contribution in [0.1, 0.15) is 22.2 Å². The van der Waals surface area contributed by atoms with E-state index < -0.39 is 6.29 Å². The third kappa shape index (κ3) is 5.23. The molecule has 160 valence electrons. The summed E-state index contributed by atoms with van der Waals surface area (Å²) in [5, 5.41) is 1.38. The van der Waals surface area contributed by atoms with Crippen LogP contribution >= 0.6 is 0 Å².